The molecule has 2 aliphatic rings. The number of pyridine rings is 1. The molecule has 2 aromatic carbocycles. The van der Waals surface area contributed by atoms with Crippen LogP contribution in [0.1, 0.15) is 41.4 Å². The first-order chi connectivity index (χ1) is 18.5. The number of anilines is 1. The van der Waals surface area contributed by atoms with Crippen molar-refractivity contribution >= 4 is 16.6 Å². The number of ether oxygens (including phenoxy) is 1. The number of aromatic amines is 1. The van der Waals surface area contributed by atoms with Crippen molar-refractivity contribution in [2.75, 3.05) is 37.7 Å². The summed E-state index contributed by atoms with van der Waals surface area (Å²) in [4.78, 5) is 21.0. The van der Waals surface area contributed by atoms with Gasteiger partial charge >= 0.3 is 0 Å². The Labute approximate surface area is 220 Å². The van der Waals surface area contributed by atoms with E-state index in [0.29, 0.717) is 49.8 Å². The zero-order valence-corrected chi connectivity index (χ0v) is 21.7. The highest BCUT2D eigenvalue weighted by Crippen LogP contribution is 2.31. The number of para-hydroxylation sites is 1. The maximum atomic E-state index is 14.5. The van der Waals surface area contributed by atoms with E-state index in [1.165, 1.54) is 6.07 Å². The Bertz CT molecular complexity index is 1500. The van der Waals surface area contributed by atoms with Crippen molar-refractivity contribution in [3.05, 3.63) is 81.2 Å². The number of halogens is 1. The molecule has 2 saturated heterocycles. The molecule has 2 unspecified atom stereocenters. The van der Waals surface area contributed by atoms with Gasteiger partial charge in [-0.15, -0.1) is 5.10 Å². The van der Waals surface area contributed by atoms with Crippen LogP contribution >= 0.6 is 0 Å². The summed E-state index contributed by atoms with van der Waals surface area (Å²) in [6, 6.07) is 12.5. The zero-order chi connectivity index (χ0) is 26.2. The standard InChI is InChI=1S/C28H32FN7O2/c1-18-9-10-19(2)25-21(18)16-22(28(37)30-25)26(27-31-32-33-36(27)17-20-6-5-15-38-20)35-13-11-34(12-14-35)24-8-4-3-7-23(24)29/h3-4,7-10,16,20,26H,5-6,11-15,17H2,1-2H3,(H,30,37). The van der Waals surface area contributed by atoms with Gasteiger partial charge in [-0.1, -0.05) is 24.3 Å². The van der Waals surface area contributed by atoms with Gasteiger partial charge in [0.1, 0.15) is 11.9 Å². The molecule has 0 spiro atoms. The second-order valence-corrected chi connectivity index (χ2v) is 10.3. The van der Waals surface area contributed by atoms with E-state index in [-0.39, 0.29) is 17.5 Å². The first-order valence-corrected chi connectivity index (χ1v) is 13.2. The maximum absolute atomic E-state index is 14.5. The lowest BCUT2D eigenvalue weighted by Gasteiger charge is -2.39. The van der Waals surface area contributed by atoms with E-state index >= 15 is 0 Å². The molecule has 10 heteroatoms. The smallest absolute Gasteiger partial charge is 0.253 e. The molecule has 0 aliphatic carbocycles. The summed E-state index contributed by atoms with van der Waals surface area (Å²) in [5.74, 6) is 0.393. The van der Waals surface area contributed by atoms with E-state index in [1.807, 2.05) is 38.1 Å². The van der Waals surface area contributed by atoms with Crippen LogP contribution in [-0.4, -0.2) is 69.0 Å². The monoisotopic (exact) mass is 517 g/mol. The molecule has 0 radical (unpaired) electrons. The van der Waals surface area contributed by atoms with Crippen molar-refractivity contribution in [1.82, 2.24) is 30.1 Å². The number of aryl methyl sites for hydroxylation is 2. The van der Waals surface area contributed by atoms with Crippen LogP contribution in [0.5, 0.6) is 0 Å². The SMILES string of the molecule is Cc1ccc(C)c2[nH]c(=O)c(C(c3nnnn3CC3CCCO3)N3CCN(c4ccccc4F)CC3)cc12. The number of fused-ring (bicyclic) bond motifs is 1. The van der Waals surface area contributed by atoms with Crippen LogP contribution in [0.4, 0.5) is 10.1 Å². The molecule has 0 bridgehead atoms. The van der Waals surface area contributed by atoms with Gasteiger partial charge in [-0.05, 0) is 66.4 Å². The van der Waals surface area contributed by atoms with Gasteiger partial charge in [-0.2, -0.15) is 0 Å². The lowest BCUT2D eigenvalue weighted by molar-refractivity contribution is 0.0906. The Morgan fingerprint density at radius 3 is 2.66 bits per heavy atom. The quantitative estimate of drug-likeness (QED) is 0.419. The summed E-state index contributed by atoms with van der Waals surface area (Å²) in [6.45, 7) is 7.81. The molecule has 2 atom stereocenters. The van der Waals surface area contributed by atoms with E-state index in [4.69, 9.17) is 4.74 Å². The van der Waals surface area contributed by atoms with E-state index < -0.39 is 6.04 Å². The van der Waals surface area contributed by atoms with Crippen molar-refractivity contribution in [2.45, 2.75) is 45.4 Å². The highest BCUT2D eigenvalue weighted by atomic mass is 19.1. The molecule has 38 heavy (non-hydrogen) atoms. The summed E-state index contributed by atoms with van der Waals surface area (Å²) in [5.41, 5.74) is 4.01. The highest BCUT2D eigenvalue weighted by Gasteiger charge is 2.34. The summed E-state index contributed by atoms with van der Waals surface area (Å²) < 4.78 is 22.1. The van der Waals surface area contributed by atoms with Crippen LogP contribution in [0.2, 0.25) is 0 Å². The molecular weight excluding hydrogens is 485 g/mol. The normalized spacial score (nSPS) is 19.3. The van der Waals surface area contributed by atoms with Crippen LogP contribution in [0.3, 0.4) is 0 Å². The van der Waals surface area contributed by atoms with Crippen molar-refractivity contribution in [3.63, 3.8) is 0 Å². The number of nitrogens with zero attached hydrogens (tertiary/aromatic N) is 6. The first-order valence-electron chi connectivity index (χ1n) is 13.2. The van der Waals surface area contributed by atoms with Gasteiger partial charge < -0.3 is 14.6 Å². The number of nitrogens with one attached hydrogen (secondary N) is 1. The lowest BCUT2D eigenvalue weighted by atomic mass is 9.99. The molecule has 198 valence electrons. The number of rotatable bonds is 6. The fourth-order valence-electron chi connectivity index (χ4n) is 5.74. The van der Waals surface area contributed by atoms with Crippen molar-refractivity contribution in [3.8, 4) is 0 Å². The van der Waals surface area contributed by atoms with Crippen LogP contribution in [0.25, 0.3) is 10.9 Å². The maximum Gasteiger partial charge on any atom is 0.253 e. The third-order valence-corrected chi connectivity index (χ3v) is 7.84. The van der Waals surface area contributed by atoms with Crippen LogP contribution in [0.15, 0.2) is 47.3 Å². The minimum absolute atomic E-state index is 0.0515. The lowest BCUT2D eigenvalue weighted by Crippen LogP contribution is -2.49. The Kier molecular flexibility index (Phi) is 6.67. The fourth-order valence-corrected chi connectivity index (χ4v) is 5.74. The molecule has 4 aromatic rings. The second-order valence-electron chi connectivity index (χ2n) is 10.3. The molecule has 0 saturated carbocycles. The average Bonchev–Trinajstić information content (AvgIpc) is 3.61. The van der Waals surface area contributed by atoms with Gasteiger partial charge in [0.15, 0.2) is 5.82 Å². The number of benzene rings is 2. The molecule has 2 fully saturated rings. The Morgan fingerprint density at radius 2 is 1.89 bits per heavy atom. The van der Waals surface area contributed by atoms with E-state index in [1.54, 1.807) is 10.7 Å². The Hall–Kier alpha value is -3.63. The van der Waals surface area contributed by atoms with E-state index in [9.17, 15) is 9.18 Å². The third kappa shape index (κ3) is 4.58. The minimum atomic E-state index is -0.456. The highest BCUT2D eigenvalue weighted by molar-refractivity contribution is 5.85. The third-order valence-electron chi connectivity index (χ3n) is 7.84. The average molecular weight is 518 g/mol. The molecule has 2 aliphatic heterocycles. The Morgan fingerprint density at radius 1 is 1.11 bits per heavy atom. The molecule has 1 N–H and O–H groups in total. The molecule has 9 nitrogen and oxygen atoms in total. The number of tetrazole rings is 1. The van der Waals surface area contributed by atoms with Crippen LogP contribution < -0.4 is 10.5 Å². The topological polar surface area (TPSA) is 92.2 Å². The summed E-state index contributed by atoms with van der Waals surface area (Å²) in [5, 5.41) is 13.8. The molecule has 4 heterocycles. The molecular formula is C28H32FN7O2. The van der Waals surface area contributed by atoms with Crippen LogP contribution in [-0.2, 0) is 11.3 Å². The number of hydrogen-bond acceptors (Lipinski definition) is 7. The Balaban J connectivity index is 1.39. The molecule has 6 rings (SSSR count). The number of piperazine rings is 1. The molecule has 0 amide bonds. The van der Waals surface area contributed by atoms with Crippen molar-refractivity contribution in [1.29, 1.82) is 0 Å². The summed E-state index contributed by atoms with van der Waals surface area (Å²) in [6.07, 6.45) is 2.03. The van der Waals surface area contributed by atoms with Crippen molar-refractivity contribution < 1.29 is 9.13 Å². The second kappa shape index (κ2) is 10.3. The largest absolute Gasteiger partial charge is 0.376 e. The summed E-state index contributed by atoms with van der Waals surface area (Å²) in [7, 11) is 0. The van der Waals surface area contributed by atoms with Gasteiger partial charge in [0.25, 0.3) is 5.56 Å². The van der Waals surface area contributed by atoms with E-state index in [2.05, 4.69) is 36.4 Å². The van der Waals surface area contributed by atoms with Gasteiger partial charge in [-0.3, -0.25) is 9.69 Å². The predicted molar refractivity (Wildman–Crippen MR) is 143 cm³/mol. The minimum Gasteiger partial charge on any atom is -0.376 e. The molecule has 2 aromatic heterocycles. The van der Waals surface area contributed by atoms with E-state index in [0.717, 1.165) is 41.5 Å². The van der Waals surface area contributed by atoms with Crippen LogP contribution in [0, 0.1) is 19.7 Å². The number of hydrogen-bond donors (Lipinski definition) is 1. The fraction of sp³-hybridized carbons (Fsp3) is 0.429. The van der Waals surface area contributed by atoms with Gasteiger partial charge in [0, 0.05) is 43.7 Å². The predicted octanol–water partition coefficient (Wildman–Crippen LogP) is 3.36. The first kappa shape index (κ1) is 24.7. The van der Waals surface area contributed by atoms with Gasteiger partial charge in [-0.25, -0.2) is 9.07 Å². The number of aromatic nitrogens is 5. The van der Waals surface area contributed by atoms with Gasteiger partial charge in [0.05, 0.1) is 23.9 Å². The van der Waals surface area contributed by atoms with Gasteiger partial charge in [0.2, 0.25) is 0 Å². The number of H-pyrrole nitrogens is 1. The summed E-state index contributed by atoms with van der Waals surface area (Å²) >= 11 is 0. The van der Waals surface area contributed by atoms with Crippen molar-refractivity contribution in [2.24, 2.45) is 0 Å². The zero-order valence-electron chi connectivity index (χ0n) is 21.7.